The third kappa shape index (κ3) is 5.41. The van der Waals surface area contributed by atoms with Gasteiger partial charge in [-0.3, -0.25) is 4.79 Å². The summed E-state index contributed by atoms with van der Waals surface area (Å²) in [6.07, 6.45) is 1.77. The van der Waals surface area contributed by atoms with Crippen molar-refractivity contribution in [1.29, 1.82) is 0 Å². The largest absolute Gasteiger partial charge is 0.384 e. The van der Waals surface area contributed by atoms with Gasteiger partial charge in [0.15, 0.2) is 0 Å². The van der Waals surface area contributed by atoms with E-state index in [0.717, 1.165) is 21.9 Å². The number of nitrogens with two attached hydrogens (primary N) is 1. The second-order valence-corrected chi connectivity index (χ2v) is 9.77. The highest BCUT2D eigenvalue weighted by molar-refractivity contribution is 7.89. The Labute approximate surface area is 199 Å². The number of aryl methyl sites for hydroxylation is 1. The Morgan fingerprint density at radius 1 is 0.971 bits per heavy atom. The fourth-order valence-electron chi connectivity index (χ4n) is 3.84. The van der Waals surface area contributed by atoms with E-state index in [1.54, 1.807) is 43.5 Å². The number of carbonyl (C=O) groups excluding carboxylic acids is 1. The molecule has 0 radical (unpaired) electrons. The summed E-state index contributed by atoms with van der Waals surface area (Å²) in [5.74, 6) is -0.0446. The SMILES string of the molecule is Cc1ccccc1S(=O)(=O)N[C@@H](Cc1cccc2ccccc12)C(=O)NCc1ccc(N)nc1. The van der Waals surface area contributed by atoms with Gasteiger partial charge < -0.3 is 11.1 Å². The topological polar surface area (TPSA) is 114 Å². The van der Waals surface area contributed by atoms with E-state index in [4.69, 9.17) is 5.73 Å². The number of hydrogen-bond acceptors (Lipinski definition) is 5. The molecule has 0 saturated heterocycles. The van der Waals surface area contributed by atoms with Crippen LogP contribution in [0.5, 0.6) is 0 Å². The lowest BCUT2D eigenvalue weighted by molar-refractivity contribution is -0.122. The minimum atomic E-state index is -3.94. The number of pyridine rings is 1. The number of benzene rings is 3. The molecular formula is C26H26N4O3S. The Balaban J connectivity index is 1.63. The molecular weight excluding hydrogens is 448 g/mol. The lowest BCUT2D eigenvalue weighted by Gasteiger charge is -2.20. The zero-order valence-electron chi connectivity index (χ0n) is 18.7. The van der Waals surface area contributed by atoms with Crippen LogP contribution in [0, 0.1) is 6.92 Å². The molecule has 0 saturated carbocycles. The normalized spacial score (nSPS) is 12.4. The standard InChI is InChI=1S/C26H26N4O3S/c1-18-7-2-5-12-24(18)34(32,33)30-23(26(31)29-17-19-13-14-25(27)28-16-19)15-21-10-6-9-20-8-3-4-11-22(20)21/h2-14,16,23,30H,15,17H2,1H3,(H2,27,28)(H,29,31)/t23-/m0/s1. The zero-order valence-corrected chi connectivity index (χ0v) is 19.5. The predicted molar refractivity (Wildman–Crippen MR) is 133 cm³/mol. The van der Waals surface area contributed by atoms with Crippen molar-refractivity contribution in [2.24, 2.45) is 0 Å². The van der Waals surface area contributed by atoms with Crippen molar-refractivity contribution >= 4 is 32.5 Å². The lowest BCUT2D eigenvalue weighted by atomic mass is 9.99. The number of sulfonamides is 1. The fraction of sp³-hybridized carbons (Fsp3) is 0.154. The number of aromatic nitrogens is 1. The van der Waals surface area contributed by atoms with E-state index in [1.807, 2.05) is 42.5 Å². The van der Waals surface area contributed by atoms with E-state index in [0.29, 0.717) is 11.4 Å². The molecule has 174 valence electrons. The first-order chi connectivity index (χ1) is 16.3. The van der Waals surface area contributed by atoms with Crippen LogP contribution >= 0.6 is 0 Å². The van der Waals surface area contributed by atoms with E-state index < -0.39 is 22.0 Å². The molecule has 0 aliphatic heterocycles. The summed E-state index contributed by atoms with van der Waals surface area (Å²) in [6.45, 7) is 1.92. The van der Waals surface area contributed by atoms with E-state index in [2.05, 4.69) is 15.0 Å². The average Bonchev–Trinajstić information content (AvgIpc) is 2.83. The van der Waals surface area contributed by atoms with Crippen molar-refractivity contribution < 1.29 is 13.2 Å². The molecule has 1 amide bonds. The number of anilines is 1. The van der Waals surface area contributed by atoms with Gasteiger partial charge in [-0.05, 0) is 52.9 Å². The molecule has 0 unspecified atom stereocenters. The Hall–Kier alpha value is -3.75. The van der Waals surface area contributed by atoms with E-state index in [-0.39, 0.29) is 17.9 Å². The van der Waals surface area contributed by atoms with Gasteiger partial charge in [0.2, 0.25) is 15.9 Å². The lowest BCUT2D eigenvalue weighted by Crippen LogP contribution is -2.47. The maximum absolute atomic E-state index is 13.2. The third-order valence-corrected chi connectivity index (χ3v) is 7.25. The summed E-state index contributed by atoms with van der Waals surface area (Å²) < 4.78 is 29.1. The van der Waals surface area contributed by atoms with Crippen LogP contribution in [0.25, 0.3) is 10.8 Å². The molecule has 3 aromatic carbocycles. The van der Waals surface area contributed by atoms with Crippen molar-refractivity contribution in [3.8, 4) is 0 Å². The third-order valence-electron chi connectivity index (χ3n) is 5.62. The van der Waals surface area contributed by atoms with Crippen molar-refractivity contribution in [2.45, 2.75) is 30.8 Å². The number of carbonyl (C=O) groups is 1. The molecule has 0 aliphatic rings. The number of amides is 1. The second-order valence-electron chi connectivity index (χ2n) is 8.09. The number of nitrogens with one attached hydrogen (secondary N) is 2. The first-order valence-corrected chi connectivity index (χ1v) is 12.3. The molecule has 1 aromatic heterocycles. The summed E-state index contributed by atoms with van der Waals surface area (Å²) in [5, 5.41) is 4.82. The highest BCUT2D eigenvalue weighted by atomic mass is 32.2. The van der Waals surface area contributed by atoms with Crippen molar-refractivity contribution in [2.75, 3.05) is 5.73 Å². The molecule has 8 heteroatoms. The average molecular weight is 475 g/mol. The minimum Gasteiger partial charge on any atom is -0.384 e. The van der Waals surface area contributed by atoms with Gasteiger partial charge >= 0.3 is 0 Å². The quantitative estimate of drug-likeness (QED) is 0.362. The highest BCUT2D eigenvalue weighted by Crippen LogP contribution is 2.21. The number of hydrogen-bond donors (Lipinski definition) is 3. The molecule has 4 rings (SSSR count). The van der Waals surface area contributed by atoms with Gasteiger partial charge in [0, 0.05) is 12.7 Å². The smallest absolute Gasteiger partial charge is 0.241 e. The molecule has 4 aromatic rings. The Kier molecular flexibility index (Phi) is 6.90. The van der Waals surface area contributed by atoms with Crippen LogP contribution in [0.1, 0.15) is 16.7 Å². The van der Waals surface area contributed by atoms with Crippen LogP contribution < -0.4 is 15.8 Å². The molecule has 4 N–H and O–H groups in total. The van der Waals surface area contributed by atoms with Crippen molar-refractivity contribution in [3.63, 3.8) is 0 Å². The number of fused-ring (bicyclic) bond motifs is 1. The van der Waals surface area contributed by atoms with Crippen LogP contribution in [-0.4, -0.2) is 25.4 Å². The van der Waals surface area contributed by atoms with Crippen LogP contribution in [-0.2, 0) is 27.8 Å². The Morgan fingerprint density at radius 2 is 1.71 bits per heavy atom. The van der Waals surface area contributed by atoms with Crippen LogP contribution in [0.15, 0.2) is 90.0 Å². The van der Waals surface area contributed by atoms with Crippen molar-refractivity contribution in [1.82, 2.24) is 15.0 Å². The van der Waals surface area contributed by atoms with E-state index in [1.165, 1.54) is 6.07 Å². The molecule has 0 fully saturated rings. The van der Waals surface area contributed by atoms with Crippen LogP contribution in [0.3, 0.4) is 0 Å². The molecule has 0 aliphatic carbocycles. The summed E-state index contributed by atoms with van der Waals surface area (Å²) in [5.41, 5.74) is 7.86. The first kappa shape index (κ1) is 23.4. The fourth-order valence-corrected chi connectivity index (χ4v) is 5.28. The number of rotatable bonds is 8. The van der Waals surface area contributed by atoms with Gasteiger partial charge in [-0.2, -0.15) is 4.72 Å². The van der Waals surface area contributed by atoms with E-state index in [9.17, 15) is 13.2 Å². The number of nitrogens with zero attached hydrogens (tertiary/aromatic N) is 1. The van der Waals surface area contributed by atoms with Gasteiger partial charge in [-0.25, -0.2) is 13.4 Å². The maximum atomic E-state index is 13.2. The van der Waals surface area contributed by atoms with Crippen molar-refractivity contribution in [3.05, 3.63) is 102 Å². The zero-order chi connectivity index (χ0) is 24.1. The van der Waals surface area contributed by atoms with Gasteiger partial charge in [0.05, 0.1) is 4.90 Å². The van der Waals surface area contributed by atoms with Gasteiger partial charge in [-0.1, -0.05) is 66.7 Å². The molecule has 34 heavy (non-hydrogen) atoms. The predicted octanol–water partition coefficient (Wildman–Crippen LogP) is 3.33. The monoisotopic (exact) mass is 474 g/mol. The molecule has 0 bridgehead atoms. The summed E-state index contributed by atoms with van der Waals surface area (Å²) in [7, 11) is -3.94. The van der Waals surface area contributed by atoms with Gasteiger partial charge in [0.1, 0.15) is 11.9 Å². The summed E-state index contributed by atoms with van der Waals surface area (Å²) in [6, 6.07) is 22.7. The number of nitrogen functional groups attached to an aromatic ring is 1. The Bertz CT molecular complexity index is 1410. The second kappa shape index (κ2) is 10.0. The summed E-state index contributed by atoms with van der Waals surface area (Å²) in [4.78, 5) is 17.4. The molecule has 7 nitrogen and oxygen atoms in total. The van der Waals surface area contributed by atoms with Crippen LogP contribution in [0.2, 0.25) is 0 Å². The van der Waals surface area contributed by atoms with Crippen LogP contribution in [0.4, 0.5) is 5.82 Å². The highest BCUT2D eigenvalue weighted by Gasteiger charge is 2.27. The molecule has 1 heterocycles. The summed E-state index contributed by atoms with van der Waals surface area (Å²) >= 11 is 0. The van der Waals surface area contributed by atoms with Gasteiger partial charge in [-0.15, -0.1) is 0 Å². The minimum absolute atomic E-state index is 0.147. The first-order valence-electron chi connectivity index (χ1n) is 10.9. The van der Waals surface area contributed by atoms with Gasteiger partial charge in [0.25, 0.3) is 0 Å². The molecule has 1 atom stereocenters. The molecule has 0 spiro atoms. The van der Waals surface area contributed by atoms with E-state index >= 15 is 0 Å². The maximum Gasteiger partial charge on any atom is 0.241 e. The Morgan fingerprint density at radius 3 is 2.47 bits per heavy atom.